The Hall–Kier alpha value is -1.14. The van der Waals surface area contributed by atoms with E-state index < -0.39 is 0 Å². The van der Waals surface area contributed by atoms with E-state index in [0.717, 1.165) is 10.3 Å². The van der Waals surface area contributed by atoms with Gasteiger partial charge in [0, 0.05) is 23.2 Å². The van der Waals surface area contributed by atoms with Gasteiger partial charge in [-0.2, -0.15) is 0 Å². The van der Waals surface area contributed by atoms with Crippen LogP contribution in [0, 0.1) is 0 Å². The molecule has 0 aromatic carbocycles. The van der Waals surface area contributed by atoms with Gasteiger partial charge in [-0.05, 0) is 0 Å². The van der Waals surface area contributed by atoms with E-state index >= 15 is 0 Å². The van der Waals surface area contributed by atoms with Crippen molar-refractivity contribution in [3.63, 3.8) is 0 Å². The van der Waals surface area contributed by atoms with E-state index in [9.17, 15) is 0 Å². The fourth-order valence-corrected chi connectivity index (χ4v) is 1.87. The van der Waals surface area contributed by atoms with Gasteiger partial charge in [0.25, 0.3) is 0 Å². The second-order valence-corrected chi connectivity index (χ2v) is 3.99. The second kappa shape index (κ2) is 4.20. The number of thiazole rings is 2. The van der Waals surface area contributed by atoms with Crippen molar-refractivity contribution in [2.75, 3.05) is 17.3 Å². The molecule has 0 aliphatic carbocycles. The zero-order valence-corrected chi connectivity index (χ0v) is 8.36. The average Bonchev–Trinajstić information content (AvgIpc) is 2.75. The zero-order valence-electron chi connectivity index (χ0n) is 6.73. The number of nitrogens with one attached hydrogen (secondary N) is 2. The molecule has 0 bridgehead atoms. The third-order valence-electron chi connectivity index (χ3n) is 1.34. The number of aromatic nitrogens is 2. The maximum absolute atomic E-state index is 4.09. The summed E-state index contributed by atoms with van der Waals surface area (Å²) in [4.78, 5) is 8.17. The van der Waals surface area contributed by atoms with Crippen LogP contribution in [0.4, 0.5) is 10.3 Å². The fourth-order valence-electron chi connectivity index (χ4n) is 0.817. The molecule has 2 N–H and O–H groups in total. The highest BCUT2D eigenvalue weighted by Crippen LogP contribution is 2.12. The van der Waals surface area contributed by atoms with Crippen LogP contribution in [0.2, 0.25) is 0 Å². The molecule has 2 heterocycles. The quantitative estimate of drug-likeness (QED) is 0.762. The maximum atomic E-state index is 4.09. The van der Waals surface area contributed by atoms with Crippen LogP contribution in [-0.2, 0) is 0 Å². The third-order valence-corrected chi connectivity index (χ3v) is 2.81. The summed E-state index contributed by atoms with van der Waals surface area (Å²) in [6.45, 7) is 0.654. The molecule has 0 atom stereocenters. The van der Waals surface area contributed by atoms with Crippen LogP contribution in [-0.4, -0.2) is 16.6 Å². The Balaban J connectivity index is 1.76. The molecule has 6 heteroatoms. The first-order chi connectivity index (χ1) is 6.45. The SMILES string of the molecule is c1csc(NCNc2nccs2)n1. The normalized spacial score (nSPS) is 9.85. The predicted octanol–water partition coefficient (Wildman–Crippen LogP) is 2.08. The second-order valence-electron chi connectivity index (χ2n) is 2.20. The van der Waals surface area contributed by atoms with Gasteiger partial charge < -0.3 is 10.6 Å². The molecule has 0 unspecified atom stereocenters. The monoisotopic (exact) mass is 212 g/mol. The Morgan fingerprint density at radius 2 is 1.54 bits per heavy atom. The highest BCUT2D eigenvalue weighted by molar-refractivity contribution is 7.14. The molecule has 0 aliphatic rings. The van der Waals surface area contributed by atoms with Crippen molar-refractivity contribution in [3.05, 3.63) is 23.2 Å². The third kappa shape index (κ3) is 2.40. The van der Waals surface area contributed by atoms with Crippen molar-refractivity contribution in [1.82, 2.24) is 9.97 Å². The minimum absolute atomic E-state index is 0.654. The Morgan fingerprint density at radius 3 is 1.92 bits per heavy atom. The molecule has 2 rings (SSSR count). The minimum Gasteiger partial charge on any atom is -0.344 e. The highest BCUT2D eigenvalue weighted by Gasteiger charge is 1.94. The van der Waals surface area contributed by atoms with Crippen molar-refractivity contribution in [2.45, 2.75) is 0 Å². The first-order valence-corrected chi connectivity index (χ1v) is 5.48. The van der Waals surface area contributed by atoms with E-state index in [0.29, 0.717) is 6.67 Å². The van der Waals surface area contributed by atoms with Gasteiger partial charge in [0.1, 0.15) is 0 Å². The van der Waals surface area contributed by atoms with Crippen LogP contribution >= 0.6 is 22.7 Å². The molecule has 13 heavy (non-hydrogen) atoms. The van der Waals surface area contributed by atoms with Crippen molar-refractivity contribution < 1.29 is 0 Å². The molecule has 0 saturated heterocycles. The summed E-state index contributed by atoms with van der Waals surface area (Å²) in [6.07, 6.45) is 3.55. The van der Waals surface area contributed by atoms with Crippen LogP contribution in [0.1, 0.15) is 0 Å². The summed E-state index contributed by atoms with van der Waals surface area (Å²) in [7, 11) is 0. The lowest BCUT2D eigenvalue weighted by molar-refractivity contribution is 1.18. The molecule has 0 aliphatic heterocycles. The van der Waals surface area contributed by atoms with E-state index in [1.54, 1.807) is 35.1 Å². The van der Waals surface area contributed by atoms with Gasteiger partial charge in [-0.1, -0.05) is 0 Å². The van der Waals surface area contributed by atoms with Crippen molar-refractivity contribution >= 4 is 32.9 Å². The predicted molar refractivity (Wildman–Crippen MR) is 56.3 cm³/mol. The molecule has 0 saturated carbocycles. The van der Waals surface area contributed by atoms with E-state index in [2.05, 4.69) is 20.6 Å². The van der Waals surface area contributed by atoms with Crippen LogP contribution in [0.3, 0.4) is 0 Å². The summed E-state index contributed by atoms with van der Waals surface area (Å²) in [5.74, 6) is 0. The number of rotatable bonds is 4. The van der Waals surface area contributed by atoms with Crippen molar-refractivity contribution in [2.24, 2.45) is 0 Å². The first kappa shape index (κ1) is 8.46. The van der Waals surface area contributed by atoms with E-state index in [4.69, 9.17) is 0 Å². The highest BCUT2D eigenvalue weighted by atomic mass is 32.1. The Morgan fingerprint density at radius 1 is 1.00 bits per heavy atom. The summed E-state index contributed by atoms with van der Waals surface area (Å²) < 4.78 is 0. The minimum atomic E-state index is 0.654. The summed E-state index contributed by atoms with van der Waals surface area (Å²) in [5.41, 5.74) is 0. The van der Waals surface area contributed by atoms with Gasteiger partial charge in [0.2, 0.25) is 0 Å². The molecule has 2 aromatic heterocycles. The summed E-state index contributed by atoms with van der Waals surface area (Å²) in [6, 6.07) is 0. The average molecular weight is 212 g/mol. The van der Waals surface area contributed by atoms with E-state index in [1.165, 1.54) is 0 Å². The molecule has 0 radical (unpaired) electrons. The maximum Gasteiger partial charge on any atom is 0.183 e. The van der Waals surface area contributed by atoms with Crippen LogP contribution in [0.25, 0.3) is 0 Å². The van der Waals surface area contributed by atoms with Gasteiger partial charge in [0.05, 0.1) is 6.67 Å². The Bertz CT molecular complexity index is 295. The Labute approximate surface area is 83.7 Å². The summed E-state index contributed by atoms with van der Waals surface area (Å²) in [5, 5.41) is 12.0. The molecular formula is C7H8N4S2. The lowest BCUT2D eigenvalue weighted by Gasteiger charge is -2.02. The smallest absolute Gasteiger partial charge is 0.183 e. The van der Waals surface area contributed by atoms with Gasteiger partial charge in [-0.3, -0.25) is 0 Å². The molecular weight excluding hydrogens is 204 g/mol. The fraction of sp³-hybridized carbons (Fsp3) is 0.143. The van der Waals surface area contributed by atoms with Gasteiger partial charge in [-0.25, -0.2) is 9.97 Å². The Kier molecular flexibility index (Phi) is 2.73. The van der Waals surface area contributed by atoms with Gasteiger partial charge in [0.15, 0.2) is 10.3 Å². The number of hydrogen-bond acceptors (Lipinski definition) is 6. The van der Waals surface area contributed by atoms with Gasteiger partial charge in [-0.15, -0.1) is 22.7 Å². The van der Waals surface area contributed by atoms with E-state index in [1.807, 2.05) is 10.8 Å². The summed E-state index contributed by atoms with van der Waals surface area (Å²) >= 11 is 3.16. The topological polar surface area (TPSA) is 49.8 Å². The number of nitrogens with zero attached hydrogens (tertiary/aromatic N) is 2. The lowest BCUT2D eigenvalue weighted by Crippen LogP contribution is -2.10. The molecule has 4 nitrogen and oxygen atoms in total. The largest absolute Gasteiger partial charge is 0.344 e. The van der Waals surface area contributed by atoms with Crippen LogP contribution in [0.5, 0.6) is 0 Å². The van der Waals surface area contributed by atoms with Gasteiger partial charge >= 0.3 is 0 Å². The molecule has 68 valence electrons. The van der Waals surface area contributed by atoms with Crippen molar-refractivity contribution in [1.29, 1.82) is 0 Å². The van der Waals surface area contributed by atoms with Crippen LogP contribution in [0.15, 0.2) is 23.2 Å². The van der Waals surface area contributed by atoms with E-state index in [-0.39, 0.29) is 0 Å². The number of hydrogen-bond donors (Lipinski definition) is 2. The lowest BCUT2D eigenvalue weighted by atomic mass is 10.9. The molecule has 0 fully saturated rings. The molecule has 0 spiro atoms. The number of anilines is 2. The zero-order chi connectivity index (χ0) is 8.93. The van der Waals surface area contributed by atoms with Crippen LogP contribution < -0.4 is 10.6 Å². The standard InChI is InChI=1S/C7H8N4S2/c1-3-12-6(8-1)10-5-11-7-9-2-4-13-7/h1-4H,5H2,(H,8,10)(H,9,11). The van der Waals surface area contributed by atoms with Crippen molar-refractivity contribution in [3.8, 4) is 0 Å². The molecule has 2 aromatic rings. The first-order valence-electron chi connectivity index (χ1n) is 3.72. The molecule has 0 amide bonds.